The molecule has 0 spiro atoms. The first-order chi connectivity index (χ1) is 13.8. The lowest BCUT2D eigenvalue weighted by Gasteiger charge is -2.29. The lowest BCUT2D eigenvalue weighted by Crippen LogP contribution is -2.37. The monoisotopic (exact) mass is 398 g/mol. The Morgan fingerprint density at radius 2 is 1.24 bits per heavy atom. The summed E-state index contributed by atoms with van der Waals surface area (Å²) < 4.78 is 9.70. The average Bonchev–Trinajstić information content (AvgIpc) is 2.74. The first-order valence-electron chi connectivity index (χ1n) is 9.68. The fourth-order valence-electron chi connectivity index (χ4n) is 3.19. The number of nitrogen functional groups attached to an aromatic ring is 1. The second-order valence-electron chi connectivity index (χ2n) is 7.34. The molecule has 2 unspecified atom stereocenters. The van der Waals surface area contributed by atoms with Crippen LogP contribution in [0.4, 0.5) is 11.4 Å². The van der Waals surface area contributed by atoms with Crippen LogP contribution in [0, 0.1) is 11.8 Å². The molecule has 0 aliphatic rings. The zero-order chi connectivity index (χ0) is 21.4. The van der Waals surface area contributed by atoms with Crippen molar-refractivity contribution in [2.75, 3.05) is 37.9 Å². The van der Waals surface area contributed by atoms with Gasteiger partial charge in [0.25, 0.3) is 0 Å². The Balaban J connectivity index is 2.16. The molecule has 0 radical (unpaired) electrons. The smallest absolute Gasteiger partial charge is 0.310 e. The fourth-order valence-corrected chi connectivity index (χ4v) is 3.19. The Labute approximate surface area is 172 Å². The van der Waals surface area contributed by atoms with Crippen molar-refractivity contribution in [1.82, 2.24) is 0 Å². The highest BCUT2D eigenvalue weighted by Crippen LogP contribution is 2.21. The second kappa shape index (κ2) is 10.5. The summed E-state index contributed by atoms with van der Waals surface area (Å²) in [5.74, 6) is -1.19. The normalized spacial score (nSPS) is 12.7. The summed E-state index contributed by atoms with van der Waals surface area (Å²) in [4.78, 5) is 25.8. The quantitative estimate of drug-likeness (QED) is 0.516. The molecule has 6 nitrogen and oxygen atoms in total. The van der Waals surface area contributed by atoms with Gasteiger partial charge in [-0.1, -0.05) is 38.1 Å². The number of nitrogens with two attached hydrogens (primary N) is 1. The van der Waals surface area contributed by atoms with Gasteiger partial charge in [-0.25, -0.2) is 0 Å². The van der Waals surface area contributed by atoms with Crippen molar-refractivity contribution in [3.05, 3.63) is 59.7 Å². The Bertz CT molecular complexity index is 779. The van der Waals surface area contributed by atoms with Gasteiger partial charge in [-0.15, -0.1) is 0 Å². The van der Waals surface area contributed by atoms with Gasteiger partial charge in [0.15, 0.2) is 0 Å². The van der Waals surface area contributed by atoms with Crippen molar-refractivity contribution < 1.29 is 19.1 Å². The van der Waals surface area contributed by atoms with Crippen molar-refractivity contribution in [2.24, 2.45) is 11.8 Å². The predicted molar refractivity (Wildman–Crippen MR) is 115 cm³/mol. The maximum Gasteiger partial charge on any atom is 0.310 e. The molecule has 2 rings (SSSR count). The molecule has 0 aromatic heterocycles. The van der Waals surface area contributed by atoms with Crippen molar-refractivity contribution in [3.8, 4) is 0 Å². The summed E-state index contributed by atoms with van der Waals surface area (Å²) in [6.07, 6.45) is 0.803. The molecule has 0 heterocycles. The summed E-state index contributed by atoms with van der Waals surface area (Å²) in [5, 5.41) is 0. The largest absolute Gasteiger partial charge is 0.469 e. The Kier molecular flexibility index (Phi) is 8.07. The number of carbonyl (C=O) groups excluding carboxylic acids is 2. The van der Waals surface area contributed by atoms with Gasteiger partial charge < -0.3 is 20.1 Å². The van der Waals surface area contributed by atoms with E-state index in [0.29, 0.717) is 13.1 Å². The molecule has 2 N–H and O–H groups in total. The maximum atomic E-state index is 11.9. The molecule has 0 bridgehead atoms. The van der Waals surface area contributed by atoms with E-state index in [1.54, 1.807) is 0 Å². The number of methoxy groups -OCH3 is 2. The van der Waals surface area contributed by atoms with Gasteiger partial charge in [-0.2, -0.15) is 0 Å². The van der Waals surface area contributed by atoms with Gasteiger partial charge in [0, 0.05) is 24.5 Å². The average molecular weight is 399 g/mol. The van der Waals surface area contributed by atoms with Crippen LogP contribution in [0.15, 0.2) is 48.5 Å². The zero-order valence-corrected chi connectivity index (χ0v) is 17.6. The van der Waals surface area contributed by atoms with Gasteiger partial charge in [-0.3, -0.25) is 9.59 Å². The fraction of sp³-hybridized carbons (Fsp3) is 0.391. The highest BCUT2D eigenvalue weighted by molar-refractivity contribution is 5.74. The number of hydrogen-bond donors (Lipinski definition) is 1. The van der Waals surface area contributed by atoms with E-state index in [1.165, 1.54) is 25.3 Å². The molecule has 0 saturated heterocycles. The predicted octanol–water partition coefficient (Wildman–Crippen LogP) is 3.28. The Morgan fingerprint density at radius 1 is 0.828 bits per heavy atom. The molecular formula is C23H30N2O4. The van der Waals surface area contributed by atoms with E-state index in [9.17, 15) is 9.59 Å². The van der Waals surface area contributed by atoms with Gasteiger partial charge in [0.2, 0.25) is 0 Å². The molecule has 2 aromatic rings. The van der Waals surface area contributed by atoms with Crippen LogP contribution in [0.3, 0.4) is 0 Å². The maximum absolute atomic E-state index is 11.9. The minimum atomic E-state index is -0.320. The molecule has 0 aliphatic carbocycles. The number of anilines is 2. The van der Waals surface area contributed by atoms with Crippen molar-refractivity contribution in [3.63, 3.8) is 0 Å². The summed E-state index contributed by atoms with van der Waals surface area (Å²) in [6.45, 7) is 4.53. The Hall–Kier alpha value is -3.02. The lowest BCUT2D eigenvalue weighted by molar-refractivity contribution is -0.144. The van der Waals surface area contributed by atoms with E-state index < -0.39 is 0 Å². The van der Waals surface area contributed by atoms with Crippen molar-refractivity contribution >= 4 is 23.3 Å². The first-order valence-corrected chi connectivity index (χ1v) is 9.68. The number of nitrogens with zero attached hydrogens (tertiary/aromatic N) is 1. The van der Waals surface area contributed by atoms with E-state index >= 15 is 0 Å². The van der Waals surface area contributed by atoms with Gasteiger partial charge in [0.1, 0.15) is 0 Å². The molecule has 0 amide bonds. The third-order valence-corrected chi connectivity index (χ3v) is 4.89. The standard InChI is InChI=1S/C23H30N2O4/c1-16(22(26)28-3)14-25(15-17(2)23(27)29-4)21-11-7-19(8-12-21)13-18-5-9-20(24)10-6-18/h5-12,16-17H,13-15,24H2,1-4H3. The summed E-state index contributed by atoms with van der Waals surface area (Å²) >= 11 is 0. The Morgan fingerprint density at radius 3 is 1.66 bits per heavy atom. The van der Waals surface area contributed by atoms with Crippen LogP contribution in [-0.2, 0) is 25.5 Å². The molecule has 0 fully saturated rings. The number of ether oxygens (including phenoxy) is 2. The highest BCUT2D eigenvalue weighted by Gasteiger charge is 2.22. The molecule has 2 atom stereocenters. The van der Waals surface area contributed by atoms with Crippen LogP contribution < -0.4 is 10.6 Å². The number of benzene rings is 2. The second-order valence-corrected chi connectivity index (χ2v) is 7.34. The van der Waals surface area contributed by atoms with Crippen LogP contribution in [-0.4, -0.2) is 39.2 Å². The molecule has 0 aliphatic heterocycles. The summed E-state index contributed by atoms with van der Waals surface area (Å²) in [5.41, 5.74) is 9.79. The van der Waals surface area contributed by atoms with Crippen molar-refractivity contribution in [1.29, 1.82) is 0 Å². The van der Waals surface area contributed by atoms with Crippen molar-refractivity contribution in [2.45, 2.75) is 20.3 Å². The van der Waals surface area contributed by atoms with E-state index in [0.717, 1.165) is 17.8 Å². The van der Waals surface area contributed by atoms with E-state index in [4.69, 9.17) is 15.2 Å². The van der Waals surface area contributed by atoms with Gasteiger partial charge in [-0.05, 0) is 41.8 Å². The highest BCUT2D eigenvalue weighted by atomic mass is 16.5. The van der Waals surface area contributed by atoms with E-state index in [-0.39, 0.29) is 23.8 Å². The summed E-state index contributed by atoms with van der Waals surface area (Å²) in [7, 11) is 2.76. The molecule has 6 heteroatoms. The minimum Gasteiger partial charge on any atom is -0.469 e. The lowest BCUT2D eigenvalue weighted by atomic mass is 10.0. The number of hydrogen-bond acceptors (Lipinski definition) is 6. The topological polar surface area (TPSA) is 81.9 Å². The first kappa shape index (κ1) is 22.3. The third-order valence-electron chi connectivity index (χ3n) is 4.89. The zero-order valence-electron chi connectivity index (χ0n) is 17.6. The number of rotatable bonds is 9. The van der Waals surface area contributed by atoms with Gasteiger partial charge in [0.05, 0.1) is 26.1 Å². The summed E-state index contributed by atoms with van der Waals surface area (Å²) in [6, 6.07) is 16.0. The van der Waals surface area contributed by atoms with Gasteiger partial charge >= 0.3 is 11.9 Å². The molecule has 2 aromatic carbocycles. The van der Waals surface area contributed by atoms with E-state index in [2.05, 4.69) is 12.1 Å². The number of esters is 2. The van der Waals surface area contributed by atoms with Crippen LogP contribution in [0.2, 0.25) is 0 Å². The molecular weight excluding hydrogens is 368 g/mol. The van der Waals surface area contributed by atoms with Crippen LogP contribution in [0.5, 0.6) is 0 Å². The molecule has 29 heavy (non-hydrogen) atoms. The minimum absolute atomic E-state index is 0.277. The number of carbonyl (C=O) groups is 2. The van der Waals surface area contributed by atoms with E-state index in [1.807, 2.05) is 55.1 Å². The molecule has 0 saturated carbocycles. The van der Waals surface area contributed by atoms with Crippen LogP contribution in [0.25, 0.3) is 0 Å². The molecule has 156 valence electrons. The van der Waals surface area contributed by atoms with Crippen LogP contribution >= 0.6 is 0 Å². The third kappa shape index (κ3) is 6.52. The van der Waals surface area contributed by atoms with Crippen LogP contribution in [0.1, 0.15) is 25.0 Å². The SMILES string of the molecule is COC(=O)C(C)CN(CC(C)C(=O)OC)c1ccc(Cc2ccc(N)cc2)cc1.